The van der Waals surface area contributed by atoms with Crippen molar-refractivity contribution >= 4 is 28.4 Å². The minimum atomic E-state index is 0.617. The second-order valence-corrected chi connectivity index (χ2v) is 3.93. The lowest BCUT2D eigenvalue weighted by atomic mass is 10.2. The molecule has 0 radical (unpaired) electrons. The van der Waals surface area contributed by atoms with Gasteiger partial charge in [0.2, 0.25) is 0 Å². The van der Waals surface area contributed by atoms with Gasteiger partial charge in [-0.3, -0.25) is 0 Å². The van der Waals surface area contributed by atoms with E-state index in [1.165, 1.54) is 0 Å². The number of rotatable bonds is 3. The van der Waals surface area contributed by atoms with Crippen molar-refractivity contribution in [3.8, 4) is 0 Å². The fraction of sp³-hybridized carbons (Fsp3) is 0.222. The third-order valence-corrected chi connectivity index (χ3v) is 2.85. The van der Waals surface area contributed by atoms with Crippen LogP contribution in [0.2, 0.25) is 0 Å². The Morgan fingerprint density at radius 3 is 3.07 bits per heavy atom. The zero-order valence-corrected chi connectivity index (χ0v) is 8.38. The summed E-state index contributed by atoms with van der Waals surface area (Å²) < 4.78 is 5.14. The molecule has 0 fully saturated rings. The molecule has 0 bridgehead atoms. The zero-order valence-electron chi connectivity index (χ0n) is 7.56. The van der Waals surface area contributed by atoms with E-state index < -0.39 is 0 Å². The van der Waals surface area contributed by atoms with Crippen LogP contribution in [0.1, 0.15) is 0 Å². The number of thioether (sulfide) groups is 1. The van der Waals surface area contributed by atoms with Crippen LogP contribution in [-0.4, -0.2) is 17.5 Å². The van der Waals surface area contributed by atoms with Gasteiger partial charge >= 0.3 is 0 Å². The number of benzene rings is 1. The van der Waals surface area contributed by atoms with E-state index in [4.69, 9.17) is 16.0 Å². The molecule has 0 saturated carbocycles. The van der Waals surface area contributed by atoms with E-state index in [-0.39, 0.29) is 0 Å². The highest BCUT2D eigenvalue weighted by Gasteiger charge is 2.10. The Hall–Kier alpha value is -1.20. The summed E-state index contributed by atoms with van der Waals surface area (Å²) in [5.74, 6) is 0.815. The van der Waals surface area contributed by atoms with Crippen molar-refractivity contribution in [1.82, 2.24) is 5.16 Å². The van der Waals surface area contributed by atoms with Crippen LogP contribution in [0.4, 0.5) is 5.69 Å². The first-order valence-corrected chi connectivity index (χ1v) is 5.28. The van der Waals surface area contributed by atoms with Gasteiger partial charge < -0.3 is 16.0 Å². The highest BCUT2D eigenvalue weighted by Crippen LogP contribution is 2.30. The number of hydrogen-bond donors (Lipinski definition) is 2. The van der Waals surface area contributed by atoms with Gasteiger partial charge in [-0.25, -0.2) is 0 Å². The van der Waals surface area contributed by atoms with Crippen LogP contribution in [0.3, 0.4) is 0 Å². The van der Waals surface area contributed by atoms with Crippen LogP contribution < -0.4 is 11.5 Å². The number of nitrogens with two attached hydrogens (primary N) is 2. The van der Waals surface area contributed by atoms with Crippen molar-refractivity contribution in [2.75, 3.05) is 18.0 Å². The van der Waals surface area contributed by atoms with Crippen molar-refractivity contribution in [1.29, 1.82) is 0 Å². The summed E-state index contributed by atoms with van der Waals surface area (Å²) >= 11 is 1.56. The van der Waals surface area contributed by atoms with Crippen LogP contribution in [0.5, 0.6) is 0 Å². The molecule has 0 amide bonds. The van der Waals surface area contributed by atoms with Crippen LogP contribution in [0, 0.1) is 0 Å². The minimum absolute atomic E-state index is 0.617. The average molecular weight is 209 g/mol. The number of hydrogen-bond acceptors (Lipinski definition) is 5. The predicted molar refractivity (Wildman–Crippen MR) is 58.2 cm³/mol. The van der Waals surface area contributed by atoms with Gasteiger partial charge in [0.1, 0.15) is 5.03 Å². The molecule has 1 heterocycles. The molecule has 74 valence electrons. The summed E-state index contributed by atoms with van der Waals surface area (Å²) in [6.07, 6.45) is 0. The van der Waals surface area contributed by atoms with E-state index in [2.05, 4.69) is 5.16 Å². The van der Waals surface area contributed by atoms with E-state index in [0.717, 1.165) is 21.7 Å². The van der Waals surface area contributed by atoms with E-state index >= 15 is 0 Å². The fourth-order valence-electron chi connectivity index (χ4n) is 1.24. The Morgan fingerprint density at radius 2 is 2.29 bits per heavy atom. The topological polar surface area (TPSA) is 78.1 Å². The number of nitrogens with zero attached hydrogens (tertiary/aromatic N) is 1. The Kier molecular flexibility index (Phi) is 2.60. The Balaban J connectivity index is 2.45. The predicted octanol–water partition coefficient (Wildman–Crippen LogP) is 1.46. The summed E-state index contributed by atoms with van der Waals surface area (Å²) in [7, 11) is 0. The van der Waals surface area contributed by atoms with Crippen molar-refractivity contribution in [2.45, 2.75) is 5.03 Å². The van der Waals surface area contributed by atoms with Crippen LogP contribution in [-0.2, 0) is 0 Å². The molecule has 1 aromatic carbocycles. The third-order valence-electron chi connectivity index (χ3n) is 1.86. The van der Waals surface area contributed by atoms with Crippen LogP contribution in [0.25, 0.3) is 11.0 Å². The molecule has 0 aliphatic carbocycles. The molecule has 4 N–H and O–H groups in total. The van der Waals surface area contributed by atoms with Crippen molar-refractivity contribution in [3.05, 3.63) is 18.2 Å². The second kappa shape index (κ2) is 3.89. The zero-order chi connectivity index (χ0) is 9.97. The summed E-state index contributed by atoms with van der Waals surface area (Å²) in [4.78, 5) is 0. The molecule has 4 nitrogen and oxygen atoms in total. The number of aromatic nitrogens is 1. The summed E-state index contributed by atoms with van der Waals surface area (Å²) in [6, 6.07) is 5.54. The second-order valence-electron chi connectivity index (χ2n) is 2.85. The van der Waals surface area contributed by atoms with E-state index in [9.17, 15) is 0 Å². The highest BCUT2D eigenvalue weighted by atomic mass is 32.2. The molecule has 0 saturated heterocycles. The maximum Gasteiger partial charge on any atom is 0.170 e. The van der Waals surface area contributed by atoms with Gasteiger partial charge in [-0.2, -0.15) is 0 Å². The molecule has 2 aromatic rings. The smallest absolute Gasteiger partial charge is 0.170 e. The molecule has 5 heteroatoms. The van der Waals surface area contributed by atoms with Gasteiger partial charge in [0.05, 0.1) is 5.39 Å². The number of nitrogen functional groups attached to an aromatic ring is 1. The fourth-order valence-corrected chi connectivity index (χ4v) is 2.01. The SMILES string of the molecule is NCCSc1noc2cccc(N)c12. The monoisotopic (exact) mass is 209 g/mol. The first-order chi connectivity index (χ1) is 6.83. The van der Waals surface area contributed by atoms with Gasteiger partial charge in [-0.05, 0) is 12.1 Å². The van der Waals surface area contributed by atoms with Crippen molar-refractivity contribution in [3.63, 3.8) is 0 Å². The quantitative estimate of drug-likeness (QED) is 0.591. The molecule has 0 atom stereocenters. The van der Waals surface area contributed by atoms with Crippen molar-refractivity contribution < 1.29 is 4.52 Å². The van der Waals surface area contributed by atoms with E-state index in [1.54, 1.807) is 11.8 Å². The molecule has 0 aliphatic heterocycles. The number of anilines is 1. The maximum atomic E-state index is 5.83. The molecule has 0 aliphatic rings. The molecule has 1 aromatic heterocycles. The largest absolute Gasteiger partial charge is 0.398 e. The van der Waals surface area contributed by atoms with Gasteiger partial charge in [0.15, 0.2) is 5.58 Å². The molecular weight excluding hydrogens is 198 g/mol. The molecule has 0 unspecified atom stereocenters. The minimum Gasteiger partial charge on any atom is -0.398 e. The molecular formula is C9H11N3OS. The van der Waals surface area contributed by atoms with E-state index in [1.807, 2.05) is 18.2 Å². The Morgan fingerprint density at radius 1 is 1.43 bits per heavy atom. The van der Waals surface area contributed by atoms with E-state index in [0.29, 0.717) is 12.2 Å². The summed E-state index contributed by atoms with van der Waals surface area (Å²) in [5, 5.41) is 5.66. The Bertz CT molecular complexity index is 441. The first-order valence-electron chi connectivity index (χ1n) is 4.29. The lowest BCUT2D eigenvalue weighted by Crippen LogP contribution is -2.01. The molecule has 14 heavy (non-hydrogen) atoms. The standard InChI is InChI=1S/C9H11N3OS/c10-4-5-14-9-8-6(11)2-1-3-7(8)13-12-9/h1-3H,4-5,10-11H2. The maximum absolute atomic E-state index is 5.83. The first kappa shape index (κ1) is 9.36. The van der Waals surface area contributed by atoms with Crippen LogP contribution in [0.15, 0.2) is 27.7 Å². The number of fused-ring (bicyclic) bond motifs is 1. The van der Waals surface area contributed by atoms with Gasteiger partial charge in [-0.15, -0.1) is 11.8 Å². The Labute approximate surface area is 85.6 Å². The van der Waals surface area contributed by atoms with Gasteiger partial charge in [-0.1, -0.05) is 11.2 Å². The average Bonchev–Trinajstić information content (AvgIpc) is 2.59. The van der Waals surface area contributed by atoms with Gasteiger partial charge in [0.25, 0.3) is 0 Å². The molecule has 0 spiro atoms. The van der Waals surface area contributed by atoms with Gasteiger partial charge in [0, 0.05) is 18.0 Å². The van der Waals surface area contributed by atoms with Crippen LogP contribution >= 0.6 is 11.8 Å². The van der Waals surface area contributed by atoms with Crippen molar-refractivity contribution in [2.24, 2.45) is 5.73 Å². The lowest BCUT2D eigenvalue weighted by molar-refractivity contribution is 0.437. The lowest BCUT2D eigenvalue weighted by Gasteiger charge is -1.96. The summed E-state index contributed by atoms with van der Waals surface area (Å²) in [5.41, 5.74) is 12.7. The normalized spacial score (nSPS) is 10.9. The third kappa shape index (κ3) is 1.56. The summed E-state index contributed by atoms with van der Waals surface area (Å²) in [6.45, 7) is 0.617. The molecule has 2 rings (SSSR count). The highest BCUT2D eigenvalue weighted by molar-refractivity contribution is 7.99.